The molecule has 0 heterocycles. The third-order valence-corrected chi connectivity index (χ3v) is 3.32. The molecule has 0 radical (unpaired) electrons. The molecule has 2 rings (SSSR count). The summed E-state index contributed by atoms with van der Waals surface area (Å²) in [5, 5.41) is 25.2. The van der Waals surface area contributed by atoms with E-state index in [0.29, 0.717) is 12.1 Å². The Balaban J connectivity index is 1.69. The SMILES string of the molecule is O=C(CCC(=O)N/N=C/c1ccc(O)cc1O)NCc1ccccc1. The first-order valence-electron chi connectivity index (χ1n) is 7.69. The Morgan fingerprint density at radius 1 is 1.00 bits per heavy atom. The van der Waals surface area contributed by atoms with Gasteiger partial charge in [0.05, 0.1) is 6.21 Å². The molecule has 0 aliphatic rings. The topological polar surface area (TPSA) is 111 Å². The molecule has 0 aromatic heterocycles. The van der Waals surface area contributed by atoms with Gasteiger partial charge in [-0.1, -0.05) is 30.3 Å². The zero-order valence-corrected chi connectivity index (χ0v) is 13.5. The molecule has 0 aliphatic heterocycles. The maximum Gasteiger partial charge on any atom is 0.240 e. The monoisotopic (exact) mass is 341 g/mol. The van der Waals surface area contributed by atoms with Crippen LogP contribution in [0, 0.1) is 0 Å². The molecule has 0 atom stereocenters. The standard InChI is InChI=1S/C18H19N3O4/c22-15-7-6-14(16(23)10-15)12-20-21-18(25)9-8-17(24)19-11-13-4-2-1-3-5-13/h1-7,10,12,22-23H,8-9,11H2,(H,19,24)(H,21,25)/b20-12+. The summed E-state index contributed by atoms with van der Waals surface area (Å²) >= 11 is 0. The first-order valence-corrected chi connectivity index (χ1v) is 7.69. The molecule has 7 heteroatoms. The summed E-state index contributed by atoms with van der Waals surface area (Å²) in [5.74, 6) is -0.859. The van der Waals surface area contributed by atoms with Gasteiger partial charge in [0.2, 0.25) is 11.8 Å². The van der Waals surface area contributed by atoms with Crippen molar-refractivity contribution in [3.8, 4) is 11.5 Å². The van der Waals surface area contributed by atoms with Gasteiger partial charge in [0.25, 0.3) is 0 Å². The van der Waals surface area contributed by atoms with Gasteiger partial charge in [-0.15, -0.1) is 0 Å². The van der Waals surface area contributed by atoms with Crippen LogP contribution in [0.4, 0.5) is 0 Å². The molecule has 0 bridgehead atoms. The van der Waals surface area contributed by atoms with E-state index in [1.807, 2.05) is 30.3 Å². The van der Waals surface area contributed by atoms with E-state index in [-0.39, 0.29) is 30.2 Å². The fourth-order valence-electron chi connectivity index (χ4n) is 1.98. The fourth-order valence-corrected chi connectivity index (χ4v) is 1.98. The summed E-state index contributed by atoms with van der Waals surface area (Å²) in [6, 6.07) is 13.5. The number of phenols is 2. The third-order valence-electron chi connectivity index (χ3n) is 3.32. The number of aromatic hydroxyl groups is 2. The fraction of sp³-hybridized carbons (Fsp3) is 0.167. The zero-order valence-electron chi connectivity index (χ0n) is 13.5. The van der Waals surface area contributed by atoms with E-state index >= 15 is 0 Å². The molecular formula is C18H19N3O4. The highest BCUT2D eigenvalue weighted by atomic mass is 16.3. The van der Waals surface area contributed by atoms with Crippen LogP contribution < -0.4 is 10.7 Å². The Hall–Kier alpha value is -3.35. The van der Waals surface area contributed by atoms with Crippen LogP contribution >= 0.6 is 0 Å². The second kappa shape index (κ2) is 9.07. The molecule has 2 amide bonds. The van der Waals surface area contributed by atoms with Gasteiger partial charge in [0, 0.05) is 31.0 Å². The molecule has 4 N–H and O–H groups in total. The van der Waals surface area contributed by atoms with E-state index in [0.717, 1.165) is 5.56 Å². The predicted octanol–water partition coefficient (Wildman–Crippen LogP) is 1.64. The zero-order chi connectivity index (χ0) is 18.1. The van der Waals surface area contributed by atoms with Crippen molar-refractivity contribution in [2.24, 2.45) is 5.10 Å². The van der Waals surface area contributed by atoms with E-state index in [4.69, 9.17) is 0 Å². The van der Waals surface area contributed by atoms with E-state index in [1.165, 1.54) is 24.4 Å². The number of rotatable bonds is 7. The van der Waals surface area contributed by atoms with Gasteiger partial charge >= 0.3 is 0 Å². The first-order chi connectivity index (χ1) is 12.0. The van der Waals surface area contributed by atoms with Gasteiger partial charge in [-0.3, -0.25) is 9.59 Å². The maximum atomic E-state index is 11.7. The summed E-state index contributed by atoms with van der Waals surface area (Å²) in [6.45, 7) is 0.416. The van der Waals surface area contributed by atoms with Gasteiger partial charge in [0.1, 0.15) is 11.5 Å². The van der Waals surface area contributed by atoms with Gasteiger partial charge < -0.3 is 15.5 Å². The molecule has 2 aromatic rings. The van der Waals surface area contributed by atoms with Gasteiger partial charge in [-0.05, 0) is 17.7 Å². The number of carbonyl (C=O) groups excluding carboxylic acids is 2. The molecule has 0 saturated carbocycles. The average Bonchev–Trinajstić information content (AvgIpc) is 2.61. The number of hydrogen-bond acceptors (Lipinski definition) is 5. The van der Waals surface area contributed by atoms with Crippen LogP contribution in [0.3, 0.4) is 0 Å². The van der Waals surface area contributed by atoms with E-state index in [1.54, 1.807) is 0 Å². The molecule has 0 fully saturated rings. The Labute approximate surface area is 145 Å². The Kier molecular flexibility index (Phi) is 6.53. The molecule has 0 saturated heterocycles. The van der Waals surface area contributed by atoms with Crippen LogP contribution in [-0.2, 0) is 16.1 Å². The summed E-state index contributed by atoms with van der Waals surface area (Å²) < 4.78 is 0. The minimum Gasteiger partial charge on any atom is -0.508 e. The minimum atomic E-state index is -0.413. The van der Waals surface area contributed by atoms with Crippen LogP contribution in [0.5, 0.6) is 11.5 Å². The number of hydrogen-bond donors (Lipinski definition) is 4. The van der Waals surface area contributed by atoms with Gasteiger partial charge in [-0.25, -0.2) is 5.43 Å². The molecule has 2 aromatic carbocycles. The number of carbonyl (C=O) groups is 2. The number of amides is 2. The lowest BCUT2D eigenvalue weighted by atomic mass is 10.2. The number of nitrogens with zero attached hydrogens (tertiary/aromatic N) is 1. The maximum absolute atomic E-state index is 11.7. The Morgan fingerprint density at radius 2 is 1.72 bits per heavy atom. The normalized spacial score (nSPS) is 10.6. The van der Waals surface area contributed by atoms with Crippen molar-refractivity contribution in [3.63, 3.8) is 0 Å². The van der Waals surface area contributed by atoms with Crippen LogP contribution in [0.15, 0.2) is 53.6 Å². The lowest BCUT2D eigenvalue weighted by Gasteiger charge is -2.05. The summed E-state index contributed by atoms with van der Waals surface area (Å²) in [6.07, 6.45) is 1.31. The highest BCUT2D eigenvalue weighted by Crippen LogP contribution is 2.20. The summed E-state index contributed by atoms with van der Waals surface area (Å²) in [5.41, 5.74) is 3.61. The van der Waals surface area contributed by atoms with Crippen molar-refractivity contribution in [3.05, 3.63) is 59.7 Å². The van der Waals surface area contributed by atoms with Crippen molar-refractivity contribution in [1.29, 1.82) is 0 Å². The molecular weight excluding hydrogens is 322 g/mol. The third kappa shape index (κ3) is 6.34. The van der Waals surface area contributed by atoms with Crippen LogP contribution in [0.2, 0.25) is 0 Å². The van der Waals surface area contributed by atoms with Crippen molar-refractivity contribution in [2.75, 3.05) is 0 Å². The van der Waals surface area contributed by atoms with E-state index < -0.39 is 5.91 Å². The van der Waals surface area contributed by atoms with Crippen molar-refractivity contribution in [1.82, 2.24) is 10.7 Å². The minimum absolute atomic E-state index is 0.000473. The molecule has 0 unspecified atom stereocenters. The van der Waals surface area contributed by atoms with E-state index in [2.05, 4.69) is 15.8 Å². The number of benzene rings is 2. The quantitative estimate of drug-likeness (QED) is 0.453. The van der Waals surface area contributed by atoms with Crippen molar-refractivity contribution >= 4 is 18.0 Å². The second-order valence-electron chi connectivity index (χ2n) is 5.30. The summed E-state index contributed by atoms with van der Waals surface area (Å²) in [4.78, 5) is 23.4. The van der Waals surface area contributed by atoms with Crippen molar-refractivity contribution in [2.45, 2.75) is 19.4 Å². The first kappa shape index (κ1) is 18.0. The molecule has 7 nitrogen and oxygen atoms in total. The highest BCUT2D eigenvalue weighted by molar-refractivity contribution is 5.86. The predicted molar refractivity (Wildman–Crippen MR) is 93.0 cm³/mol. The van der Waals surface area contributed by atoms with Crippen LogP contribution in [-0.4, -0.2) is 28.2 Å². The molecule has 0 spiro atoms. The molecule has 25 heavy (non-hydrogen) atoms. The van der Waals surface area contributed by atoms with Gasteiger partial charge in [0.15, 0.2) is 0 Å². The number of phenolic OH excluding ortho intramolecular Hbond substituents is 2. The van der Waals surface area contributed by atoms with Crippen LogP contribution in [0.1, 0.15) is 24.0 Å². The van der Waals surface area contributed by atoms with E-state index in [9.17, 15) is 19.8 Å². The lowest BCUT2D eigenvalue weighted by Crippen LogP contribution is -2.25. The number of hydrazone groups is 1. The van der Waals surface area contributed by atoms with Crippen molar-refractivity contribution < 1.29 is 19.8 Å². The Morgan fingerprint density at radius 3 is 2.44 bits per heavy atom. The Bertz CT molecular complexity index is 760. The summed E-state index contributed by atoms with van der Waals surface area (Å²) in [7, 11) is 0. The number of nitrogens with one attached hydrogen (secondary N) is 2. The average molecular weight is 341 g/mol. The largest absolute Gasteiger partial charge is 0.508 e. The highest BCUT2D eigenvalue weighted by Gasteiger charge is 2.06. The molecule has 130 valence electrons. The second-order valence-corrected chi connectivity index (χ2v) is 5.30. The smallest absolute Gasteiger partial charge is 0.240 e. The molecule has 0 aliphatic carbocycles. The van der Waals surface area contributed by atoms with Gasteiger partial charge in [-0.2, -0.15) is 5.10 Å². The lowest BCUT2D eigenvalue weighted by molar-refractivity contribution is -0.126. The van der Waals surface area contributed by atoms with Crippen LogP contribution in [0.25, 0.3) is 0 Å².